The second kappa shape index (κ2) is 8.99. The molecular weight excluding hydrogens is 459 g/mol. The number of hydrogen-bond acceptors (Lipinski definition) is 6. The van der Waals surface area contributed by atoms with Gasteiger partial charge in [0.25, 0.3) is 5.56 Å². The average molecular weight is 485 g/mol. The number of anilines is 2. The van der Waals surface area contributed by atoms with E-state index in [4.69, 9.17) is 4.98 Å². The molecule has 2 N–H and O–H groups in total. The van der Waals surface area contributed by atoms with Crippen LogP contribution in [0, 0.1) is 5.82 Å². The summed E-state index contributed by atoms with van der Waals surface area (Å²) in [7, 11) is 0. The molecule has 0 aliphatic carbocycles. The quantitative estimate of drug-likeness (QED) is 0.363. The summed E-state index contributed by atoms with van der Waals surface area (Å²) in [6, 6.07) is 21.7. The molecule has 0 atom stereocenters. The number of nitrogens with zero attached hydrogens (tertiary/aromatic N) is 5. The van der Waals surface area contributed by atoms with Crippen LogP contribution in [0.5, 0.6) is 0 Å². The molecule has 3 aromatic carbocycles. The molecule has 1 aliphatic heterocycles. The largest absolute Gasteiger partial charge is 0.422 e. The van der Waals surface area contributed by atoms with Crippen LogP contribution in [0.1, 0.15) is 18.4 Å². The molecule has 0 unspecified atom stereocenters. The van der Waals surface area contributed by atoms with Crippen molar-refractivity contribution in [2.45, 2.75) is 25.4 Å². The maximum absolute atomic E-state index is 13.4. The van der Waals surface area contributed by atoms with Crippen LogP contribution in [-0.4, -0.2) is 43.6 Å². The molecule has 1 fully saturated rings. The molecule has 1 aliphatic rings. The van der Waals surface area contributed by atoms with E-state index in [1.165, 1.54) is 12.1 Å². The third-order valence-corrected chi connectivity index (χ3v) is 6.76. The Labute approximate surface area is 206 Å². The van der Waals surface area contributed by atoms with E-state index in [2.05, 4.69) is 14.9 Å². The first-order valence-electron chi connectivity index (χ1n) is 12.0. The number of nitrogens with one attached hydrogen (secondary N) is 1. The SMILES string of the molecule is O=c1c2ccccc2nc(N2CCC(Nc3nc4ccccc4n3Cc3ccc(F)cc3)CC2)n1O. The Morgan fingerprint density at radius 1 is 0.917 bits per heavy atom. The number of aromatic nitrogens is 4. The summed E-state index contributed by atoms with van der Waals surface area (Å²) in [6.45, 7) is 1.82. The van der Waals surface area contributed by atoms with Crippen LogP contribution in [0.4, 0.5) is 16.3 Å². The van der Waals surface area contributed by atoms with Gasteiger partial charge in [0, 0.05) is 19.1 Å². The highest BCUT2D eigenvalue weighted by atomic mass is 19.1. The van der Waals surface area contributed by atoms with E-state index in [0.717, 1.165) is 35.4 Å². The second-order valence-electron chi connectivity index (χ2n) is 9.09. The first kappa shape index (κ1) is 22.1. The van der Waals surface area contributed by atoms with Gasteiger partial charge < -0.3 is 20.0 Å². The van der Waals surface area contributed by atoms with Crippen LogP contribution in [0.2, 0.25) is 0 Å². The number of imidazole rings is 1. The Morgan fingerprint density at radius 2 is 1.61 bits per heavy atom. The van der Waals surface area contributed by atoms with Gasteiger partial charge in [0.05, 0.1) is 28.5 Å². The molecule has 5 aromatic rings. The fraction of sp³-hybridized carbons (Fsp3) is 0.222. The van der Waals surface area contributed by atoms with Gasteiger partial charge in [-0.05, 0) is 54.8 Å². The Bertz CT molecular complexity index is 1600. The topological polar surface area (TPSA) is 88.2 Å². The number of halogens is 1. The zero-order valence-electron chi connectivity index (χ0n) is 19.5. The molecule has 8 nitrogen and oxygen atoms in total. The molecule has 2 aromatic heterocycles. The van der Waals surface area contributed by atoms with E-state index >= 15 is 0 Å². The molecule has 9 heteroatoms. The van der Waals surface area contributed by atoms with Gasteiger partial charge in [0.1, 0.15) is 5.82 Å². The van der Waals surface area contributed by atoms with Crippen LogP contribution in [0.3, 0.4) is 0 Å². The summed E-state index contributed by atoms with van der Waals surface area (Å²) in [5.41, 5.74) is 2.99. The molecular formula is C27H25FN6O2. The van der Waals surface area contributed by atoms with Gasteiger partial charge in [-0.15, -0.1) is 4.73 Å². The summed E-state index contributed by atoms with van der Waals surface area (Å²) in [5, 5.41) is 14.5. The van der Waals surface area contributed by atoms with Crippen molar-refractivity contribution >= 4 is 33.8 Å². The highest BCUT2D eigenvalue weighted by Crippen LogP contribution is 2.25. The lowest BCUT2D eigenvalue weighted by atomic mass is 10.1. The average Bonchev–Trinajstić information content (AvgIpc) is 3.24. The lowest BCUT2D eigenvalue weighted by Gasteiger charge is -2.33. The summed E-state index contributed by atoms with van der Waals surface area (Å²) in [5.74, 6) is 0.774. The predicted molar refractivity (Wildman–Crippen MR) is 137 cm³/mol. The number of rotatable bonds is 5. The number of piperidine rings is 1. The minimum atomic E-state index is -0.467. The van der Waals surface area contributed by atoms with Crippen LogP contribution in [0.25, 0.3) is 21.9 Å². The Kier molecular flexibility index (Phi) is 5.52. The van der Waals surface area contributed by atoms with Crippen molar-refractivity contribution in [2.75, 3.05) is 23.3 Å². The lowest BCUT2D eigenvalue weighted by Crippen LogP contribution is -2.42. The van der Waals surface area contributed by atoms with Crippen molar-refractivity contribution in [1.82, 2.24) is 19.3 Å². The van der Waals surface area contributed by atoms with E-state index in [1.807, 2.05) is 35.2 Å². The Hall–Kier alpha value is -4.40. The lowest BCUT2D eigenvalue weighted by molar-refractivity contribution is 0.175. The predicted octanol–water partition coefficient (Wildman–Crippen LogP) is 4.25. The van der Waals surface area contributed by atoms with E-state index in [-0.39, 0.29) is 17.8 Å². The van der Waals surface area contributed by atoms with E-state index in [1.54, 1.807) is 30.3 Å². The highest BCUT2D eigenvalue weighted by Gasteiger charge is 2.25. The summed E-state index contributed by atoms with van der Waals surface area (Å²) in [6.07, 6.45) is 1.56. The maximum Gasteiger partial charge on any atom is 0.295 e. The van der Waals surface area contributed by atoms with Crippen LogP contribution >= 0.6 is 0 Å². The Morgan fingerprint density at radius 3 is 2.39 bits per heavy atom. The van der Waals surface area contributed by atoms with Crippen molar-refractivity contribution in [3.05, 3.63) is 94.5 Å². The summed E-state index contributed by atoms with van der Waals surface area (Å²) >= 11 is 0. The van der Waals surface area contributed by atoms with Crippen LogP contribution in [-0.2, 0) is 6.54 Å². The molecule has 36 heavy (non-hydrogen) atoms. The summed E-state index contributed by atoms with van der Waals surface area (Å²) in [4.78, 5) is 23.9. The number of fused-ring (bicyclic) bond motifs is 2. The van der Waals surface area contributed by atoms with Crippen LogP contribution in [0.15, 0.2) is 77.6 Å². The van der Waals surface area contributed by atoms with Gasteiger partial charge in [-0.25, -0.2) is 14.4 Å². The van der Waals surface area contributed by atoms with E-state index in [0.29, 0.717) is 35.3 Å². The number of para-hydroxylation sites is 3. The number of hydrogen-bond donors (Lipinski definition) is 2. The number of benzene rings is 3. The van der Waals surface area contributed by atoms with Gasteiger partial charge in [0.2, 0.25) is 11.9 Å². The van der Waals surface area contributed by atoms with E-state index < -0.39 is 5.56 Å². The van der Waals surface area contributed by atoms with Crippen molar-refractivity contribution < 1.29 is 9.60 Å². The maximum atomic E-state index is 13.4. The summed E-state index contributed by atoms with van der Waals surface area (Å²) < 4.78 is 16.2. The van der Waals surface area contributed by atoms with Crippen molar-refractivity contribution in [3.8, 4) is 0 Å². The zero-order valence-corrected chi connectivity index (χ0v) is 19.5. The molecule has 0 amide bonds. The first-order valence-corrected chi connectivity index (χ1v) is 12.0. The fourth-order valence-corrected chi connectivity index (χ4v) is 4.84. The minimum Gasteiger partial charge on any atom is -0.422 e. The van der Waals surface area contributed by atoms with Gasteiger partial charge in [-0.1, -0.05) is 36.4 Å². The van der Waals surface area contributed by atoms with Gasteiger partial charge >= 0.3 is 0 Å². The molecule has 0 radical (unpaired) electrons. The monoisotopic (exact) mass is 484 g/mol. The first-order chi connectivity index (χ1) is 17.6. The molecule has 0 spiro atoms. The molecule has 3 heterocycles. The smallest absolute Gasteiger partial charge is 0.295 e. The molecule has 6 rings (SSSR count). The van der Waals surface area contributed by atoms with Crippen molar-refractivity contribution in [3.63, 3.8) is 0 Å². The molecule has 0 bridgehead atoms. The molecule has 0 saturated carbocycles. The Balaban J connectivity index is 1.22. The molecule has 182 valence electrons. The third-order valence-electron chi connectivity index (χ3n) is 6.76. The zero-order chi connectivity index (χ0) is 24.6. The van der Waals surface area contributed by atoms with E-state index in [9.17, 15) is 14.4 Å². The van der Waals surface area contributed by atoms with Crippen LogP contribution < -0.4 is 15.8 Å². The minimum absolute atomic E-state index is 0.157. The standard InChI is InChI=1S/C27H25FN6O2/c28-19-11-9-18(10-12-19)17-33-24-8-4-3-7-23(24)30-26(33)29-20-13-15-32(16-14-20)27-31-22-6-2-1-5-21(22)25(35)34(27)36/h1-12,20,36H,13-17H2,(H,29,30). The third kappa shape index (κ3) is 4.02. The van der Waals surface area contributed by atoms with Gasteiger partial charge in [0.15, 0.2) is 0 Å². The normalized spacial score (nSPS) is 14.5. The van der Waals surface area contributed by atoms with Gasteiger partial charge in [-0.2, -0.15) is 0 Å². The highest BCUT2D eigenvalue weighted by molar-refractivity contribution is 5.79. The van der Waals surface area contributed by atoms with Crippen molar-refractivity contribution in [1.29, 1.82) is 0 Å². The fourth-order valence-electron chi connectivity index (χ4n) is 4.84. The van der Waals surface area contributed by atoms with Crippen molar-refractivity contribution in [2.24, 2.45) is 0 Å². The van der Waals surface area contributed by atoms with Gasteiger partial charge in [-0.3, -0.25) is 4.79 Å². The second-order valence-corrected chi connectivity index (χ2v) is 9.09. The molecule has 1 saturated heterocycles.